The van der Waals surface area contributed by atoms with Crippen LogP contribution in [0.4, 0.5) is 0 Å². The number of ether oxygens (including phenoxy) is 1. The molecule has 0 aromatic heterocycles. The largest absolute Gasteiger partial charge is 0.452 e. The van der Waals surface area contributed by atoms with Crippen LogP contribution in [0.5, 0.6) is 0 Å². The molecular formula is C8H8O5S. The molecule has 0 unspecified atom stereocenters. The first-order valence-electron chi connectivity index (χ1n) is 3.41. The number of hydrogen-bond acceptors (Lipinski definition) is 5. The van der Waals surface area contributed by atoms with E-state index in [9.17, 15) is 13.2 Å². The van der Waals surface area contributed by atoms with Gasteiger partial charge in [-0.2, -0.15) is 8.42 Å². The Kier molecular flexibility index (Phi) is 5.38. The third-order valence-electron chi connectivity index (χ3n) is 0.933. The van der Waals surface area contributed by atoms with Gasteiger partial charge in [0.2, 0.25) is 0 Å². The fourth-order valence-electron chi connectivity index (χ4n) is 0.474. The second-order valence-corrected chi connectivity index (χ2v) is 3.67. The maximum Gasteiger partial charge on any atom is 0.324 e. The highest BCUT2D eigenvalue weighted by Gasteiger charge is 2.17. The van der Waals surface area contributed by atoms with Crippen LogP contribution in [-0.4, -0.2) is 33.4 Å². The Labute approximate surface area is 82.5 Å². The van der Waals surface area contributed by atoms with Gasteiger partial charge in [-0.05, 0) is 0 Å². The Bertz CT molecular complexity index is 368. The van der Waals surface area contributed by atoms with Gasteiger partial charge in [0, 0.05) is 0 Å². The summed E-state index contributed by atoms with van der Waals surface area (Å²) >= 11 is 0. The number of esters is 1. The van der Waals surface area contributed by atoms with Gasteiger partial charge >= 0.3 is 5.97 Å². The normalized spacial score (nSPS) is 9.86. The lowest BCUT2D eigenvalue weighted by atomic mass is 10.7. The average Bonchev–Trinajstić information content (AvgIpc) is 2.11. The number of carbonyl (C=O) groups excluding carboxylic acids is 1. The minimum Gasteiger partial charge on any atom is -0.452 e. The highest BCUT2D eigenvalue weighted by Crippen LogP contribution is 1.94. The molecule has 0 radical (unpaired) electrons. The number of carbonyl (C=O) groups is 1. The molecule has 0 aliphatic heterocycles. The van der Waals surface area contributed by atoms with E-state index in [0.29, 0.717) is 0 Å². The molecule has 0 saturated carbocycles. The summed E-state index contributed by atoms with van der Waals surface area (Å²) in [6, 6.07) is 0. The molecule has 14 heavy (non-hydrogen) atoms. The molecule has 0 aliphatic rings. The highest BCUT2D eigenvalue weighted by atomic mass is 32.2. The van der Waals surface area contributed by atoms with E-state index < -0.39 is 28.4 Å². The van der Waals surface area contributed by atoms with Crippen LogP contribution in [0.1, 0.15) is 0 Å². The molecular weight excluding hydrogens is 208 g/mol. The third kappa shape index (κ3) is 6.06. The highest BCUT2D eigenvalue weighted by molar-refractivity contribution is 7.87. The molecule has 76 valence electrons. The summed E-state index contributed by atoms with van der Waals surface area (Å²) < 4.78 is 30.3. The molecule has 0 aromatic carbocycles. The van der Waals surface area contributed by atoms with Gasteiger partial charge in [0.15, 0.2) is 12.4 Å². The Morgan fingerprint density at radius 3 is 2.29 bits per heavy atom. The molecule has 0 rings (SSSR count). The van der Waals surface area contributed by atoms with Crippen molar-refractivity contribution in [3.8, 4) is 24.7 Å². The van der Waals surface area contributed by atoms with Gasteiger partial charge in [-0.15, -0.1) is 12.8 Å². The lowest BCUT2D eigenvalue weighted by Gasteiger charge is -2.01. The lowest BCUT2D eigenvalue weighted by Crippen LogP contribution is -2.20. The van der Waals surface area contributed by atoms with E-state index in [0.717, 1.165) is 0 Å². The van der Waals surface area contributed by atoms with E-state index in [2.05, 4.69) is 8.92 Å². The minimum absolute atomic E-state index is 0.274. The zero-order valence-electron chi connectivity index (χ0n) is 7.23. The van der Waals surface area contributed by atoms with Gasteiger partial charge < -0.3 is 4.74 Å². The van der Waals surface area contributed by atoms with E-state index >= 15 is 0 Å². The van der Waals surface area contributed by atoms with Gasteiger partial charge in [-0.25, -0.2) is 0 Å². The molecule has 0 amide bonds. The van der Waals surface area contributed by atoms with Crippen LogP contribution in [0.2, 0.25) is 0 Å². The topological polar surface area (TPSA) is 69.7 Å². The molecule has 0 atom stereocenters. The Morgan fingerprint density at radius 1 is 1.21 bits per heavy atom. The molecule has 0 spiro atoms. The van der Waals surface area contributed by atoms with E-state index in [1.165, 1.54) is 0 Å². The second-order valence-electron chi connectivity index (χ2n) is 2.03. The zero-order chi connectivity index (χ0) is 11.0. The number of terminal acetylenes is 2. The minimum atomic E-state index is -3.96. The van der Waals surface area contributed by atoms with Gasteiger partial charge in [0.25, 0.3) is 10.1 Å². The molecule has 5 nitrogen and oxygen atoms in total. The molecule has 0 heterocycles. The van der Waals surface area contributed by atoms with Crippen molar-refractivity contribution in [1.82, 2.24) is 0 Å². The smallest absolute Gasteiger partial charge is 0.324 e. The summed E-state index contributed by atoms with van der Waals surface area (Å²) in [5.41, 5.74) is 0. The first-order valence-corrected chi connectivity index (χ1v) is 4.99. The SMILES string of the molecule is C#CCOC(=O)CS(=O)(=O)OCC#C. The van der Waals surface area contributed by atoms with E-state index in [4.69, 9.17) is 12.8 Å². The summed E-state index contributed by atoms with van der Waals surface area (Å²) in [6.45, 7) is -0.686. The first-order chi connectivity index (χ1) is 6.52. The Morgan fingerprint density at radius 2 is 1.79 bits per heavy atom. The summed E-state index contributed by atoms with van der Waals surface area (Å²) in [7, 11) is -3.96. The zero-order valence-corrected chi connectivity index (χ0v) is 8.04. The Balaban J connectivity index is 4.05. The molecule has 0 aromatic rings. The van der Waals surface area contributed by atoms with E-state index in [-0.39, 0.29) is 6.61 Å². The van der Waals surface area contributed by atoms with Gasteiger partial charge in [-0.1, -0.05) is 11.8 Å². The van der Waals surface area contributed by atoms with Crippen LogP contribution in [0.15, 0.2) is 0 Å². The van der Waals surface area contributed by atoms with Crippen LogP contribution in [-0.2, 0) is 23.8 Å². The van der Waals surface area contributed by atoms with Crippen molar-refractivity contribution in [2.45, 2.75) is 0 Å². The fourth-order valence-corrected chi connectivity index (χ4v) is 1.18. The van der Waals surface area contributed by atoms with Crippen LogP contribution in [0, 0.1) is 24.7 Å². The van der Waals surface area contributed by atoms with Crippen molar-refractivity contribution >= 4 is 16.1 Å². The predicted octanol–water partition coefficient (Wildman–Crippen LogP) is -0.858. The Hall–Kier alpha value is -1.50. The van der Waals surface area contributed by atoms with Crippen LogP contribution < -0.4 is 0 Å². The molecule has 0 bridgehead atoms. The van der Waals surface area contributed by atoms with Crippen molar-refractivity contribution in [3.63, 3.8) is 0 Å². The van der Waals surface area contributed by atoms with Gasteiger partial charge in [-0.3, -0.25) is 8.98 Å². The molecule has 0 fully saturated rings. The number of rotatable bonds is 5. The summed E-state index contributed by atoms with van der Waals surface area (Å²) in [4.78, 5) is 10.8. The van der Waals surface area contributed by atoms with E-state index in [1.54, 1.807) is 0 Å². The molecule has 0 N–H and O–H groups in total. The lowest BCUT2D eigenvalue weighted by molar-refractivity contribution is -0.139. The molecule has 0 aliphatic carbocycles. The first kappa shape index (κ1) is 12.5. The number of hydrogen-bond donors (Lipinski definition) is 0. The fraction of sp³-hybridized carbons (Fsp3) is 0.375. The van der Waals surface area contributed by atoms with Crippen LogP contribution in [0.25, 0.3) is 0 Å². The van der Waals surface area contributed by atoms with Crippen LogP contribution >= 0.6 is 0 Å². The standard InChI is InChI=1S/C8H8O5S/c1-3-5-12-8(9)7-14(10,11)13-6-4-2/h1-2H,5-7H2. The molecule has 6 heteroatoms. The van der Waals surface area contributed by atoms with Crippen molar-refractivity contribution in [3.05, 3.63) is 0 Å². The quantitative estimate of drug-likeness (QED) is 0.340. The summed E-state index contributed by atoms with van der Waals surface area (Å²) in [5, 5.41) is 0. The van der Waals surface area contributed by atoms with Gasteiger partial charge in [0.1, 0.15) is 6.61 Å². The van der Waals surface area contributed by atoms with Crippen molar-refractivity contribution < 1.29 is 22.1 Å². The van der Waals surface area contributed by atoms with E-state index in [1.807, 2.05) is 11.8 Å². The third-order valence-corrected chi connectivity index (χ3v) is 2.00. The second kappa shape index (κ2) is 6.03. The predicted molar refractivity (Wildman–Crippen MR) is 48.4 cm³/mol. The maximum absolute atomic E-state index is 10.9. The van der Waals surface area contributed by atoms with Crippen LogP contribution in [0.3, 0.4) is 0 Å². The maximum atomic E-state index is 10.9. The van der Waals surface area contributed by atoms with Gasteiger partial charge in [0.05, 0.1) is 0 Å². The van der Waals surface area contributed by atoms with Crippen molar-refractivity contribution in [1.29, 1.82) is 0 Å². The van der Waals surface area contributed by atoms with Crippen molar-refractivity contribution in [2.75, 3.05) is 19.0 Å². The molecule has 0 saturated heterocycles. The van der Waals surface area contributed by atoms with Crippen molar-refractivity contribution in [2.24, 2.45) is 0 Å². The average molecular weight is 216 g/mol. The summed E-state index contributed by atoms with van der Waals surface area (Å²) in [6.07, 6.45) is 9.55. The monoisotopic (exact) mass is 216 g/mol. The summed E-state index contributed by atoms with van der Waals surface area (Å²) in [5.74, 6) is 2.11.